The minimum Gasteiger partial charge on any atom is -0.365 e. The van der Waals surface area contributed by atoms with Crippen LogP contribution in [0.4, 0.5) is 14.6 Å². The Hall–Kier alpha value is -2.86. The number of hydrogen-bond donors (Lipinski definition) is 1. The number of rotatable bonds is 4. The van der Waals surface area contributed by atoms with Crippen molar-refractivity contribution in [2.24, 2.45) is 0 Å². The predicted octanol–water partition coefficient (Wildman–Crippen LogP) is 5.25. The molecule has 0 fully saturated rings. The highest BCUT2D eigenvalue weighted by atomic mass is 32.1. The Morgan fingerprint density at radius 3 is 2.28 bits per heavy atom. The summed E-state index contributed by atoms with van der Waals surface area (Å²) in [6.45, 7) is 0.519. The van der Waals surface area contributed by atoms with Crippen LogP contribution in [-0.2, 0) is 6.54 Å². The summed E-state index contributed by atoms with van der Waals surface area (Å²) in [4.78, 5) is 9.53. The standard InChI is InChI=1S/C19H13F2N3S/c20-14-5-1-12(2-6-14)9-22-18-17-16(10-25-19(17)24-11-23-18)13-3-7-15(21)8-4-13/h1-8,10-11H,9H2,(H,22,23,24). The van der Waals surface area contributed by atoms with Crippen LogP contribution in [0.15, 0.2) is 60.2 Å². The first-order valence-corrected chi connectivity index (χ1v) is 8.55. The predicted molar refractivity (Wildman–Crippen MR) is 96.5 cm³/mol. The van der Waals surface area contributed by atoms with Gasteiger partial charge in [-0.15, -0.1) is 11.3 Å². The third-order valence-electron chi connectivity index (χ3n) is 3.90. The van der Waals surface area contributed by atoms with Gasteiger partial charge in [-0.05, 0) is 35.4 Å². The van der Waals surface area contributed by atoms with Gasteiger partial charge in [0.2, 0.25) is 0 Å². The first-order valence-electron chi connectivity index (χ1n) is 7.67. The van der Waals surface area contributed by atoms with Crippen LogP contribution in [0.1, 0.15) is 5.56 Å². The molecule has 0 saturated heterocycles. The van der Waals surface area contributed by atoms with Gasteiger partial charge in [-0.2, -0.15) is 0 Å². The van der Waals surface area contributed by atoms with E-state index in [-0.39, 0.29) is 11.6 Å². The van der Waals surface area contributed by atoms with Crippen molar-refractivity contribution < 1.29 is 8.78 Å². The highest BCUT2D eigenvalue weighted by Crippen LogP contribution is 2.36. The number of thiophene rings is 1. The Morgan fingerprint density at radius 2 is 1.56 bits per heavy atom. The minimum atomic E-state index is -0.269. The number of nitrogens with one attached hydrogen (secondary N) is 1. The molecule has 3 nitrogen and oxygen atoms in total. The first kappa shape index (κ1) is 15.7. The molecule has 0 spiro atoms. The molecule has 0 atom stereocenters. The van der Waals surface area contributed by atoms with Crippen LogP contribution < -0.4 is 5.32 Å². The monoisotopic (exact) mass is 353 g/mol. The summed E-state index contributed by atoms with van der Waals surface area (Å²) in [6, 6.07) is 12.7. The van der Waals surface area contributed by atoms with Crippen molar-refractivity contribution in [2.45, 2.75) is 6.54 Å². The largest absolute Gasteiger partial charge is 0.365 e. The normalized spacial score (nSPS) is 11.0. The van der Waals surface area contributed by atoms with E-state index in [2.05, 4.69) is 15.3 Å². The van der Waals surface area contributed by atoms with Crippen LogP contribution in [-0.4, -0.2) is 9.97 Å². The molecule has 0 aliphatic rings. The summed E-state index contributed by atoms with van der Waals surface area (Å²) in [5, 5.41) is 6.19. The number of nitrogens with zero attached hydrogens (tertiary/aromatic N) is 2. The Labute approximate surface area is 147 Å². The van der Waals surface area contributed by atoms with Crippen LogP contribution in [0.5, 0.6) is 0 Å². The highest BCUT2D eigenvalue weighted by Gasteiger charge is 2.13. The number of hydrogen-bond acceptors (Lipinski definition) is 4. The van der Waals surface area contributed by atoms with Gasteiger partial charge < -0.3 is 5.32 Å². The van der Waals surface area contributed by atoms with Crippen molar-refractivity contribution in [3.63, 3.8) is 0 Å². The van der Waals surface area contributed by atoms with Crippen molar-refractivity contribution in [3.8, 4) is 11.1 Å². The Bertz CT molecular complexity index is 1010. The van der Waals surface area contributed by atoms with E-state index in [0.717, 1.165) is 26.9 Å². The number of benzene rings is 2. The van der Waals surface area contributed by atoms with Crippen LogP contribution >= 0.6 is 11.3 Å². The summed E-state index contributed by atoms with van der Waals surface area (Å²) in [7, 11) is 0. The molecule has 2 aromatic carbocycles. The fraction of sp³-hybridized carbons (Fsp3) is 0.0526. The van der Waals surface area contributed by atoms with Crippen molar-refractivity contribution in [3.05, 3.63) is 77.4 Å². The molecule has 1 N–H and O–H groups in total. The molecular weight excluding hydrogens is 340 g/mol. The van der Waals surface area contributed by atoms with E-state index >= 15 is 0 Å². The molecule has 2 aromatic heterocycles. The lowest BCUT2D eigenvalue weighted by molar-refractivity contribution is 0.627. The van der Waals surface area contributed by atoms with Gasteiger partial charge in [-0.3, -0.25) is 0 Å². The van der Waals surface area contributed by atoms with Crippen molar-refractivity contribution >= 4 is 27.4 Å². The smallest absolute Gasteiger partial charge is 0.139 e. The quantitative estimate of drug-likeness (QED) is 0.545. The molecule has 4 rings (SSSR count). The van der Waals surface area contributed by atoms with Gasteiger partial charge in [0.1, 0.15) is 28.6 Å². The second kappa shape index (κ2) is 6.57. The van der Waals surface area contributed by atoms with Gasteiger partial charge >= 0.3 is 0 Å². The van der Waals surface area contributed by atoms with Gasteiger partial charge in [0.05, 0.1) is 5.39 Å². The van der Waals surface area contributed by atoms with Crippen LogP contribution in [0, 0.1) is 11.6 Å². The van der Waals surface area contributed by atoms with E-state index in [0.29, 0.717) is 12.4 Å². The lowest BCUT2D eigenvalue weighted by Crippen LogP contribution is -2.02. The van der Waals surface area contributed by atoms with E-state index in [1.807, 2.05) is 5.38 Å². The molecule has 0 bridgehead atoms. The molecule has 0 amide bonds. The maximum Gasteiger partial charge on any atom is 0.139 e. The van der Waals surface area contributed by atoms with Crippen LogP contribution in [0.2, 0.25) is 0 Å². The lowest BCUT2D eigenvalue weighted by Gasteiger charge is -2.08. The summed E-state index contributed by atoms with van der Waals surface area (Å²) in [6.07, 6.45) is 1.51. The molecule has 0 aliphatic carbocycles. The second-order valence-electron chi connectivity index (χ2n) is 5.54. The average Bonchev–Trinajstić information content (AvgIpc) is 3.07. The molecule has 0 aliphatic heterocycles. The molecule has 0 radical (unpaired) electrons. The topological polar surface area (TPSA) is 37.8 Å². The number of halogens is 2. The molecule has 25 heavy (non-hydrogen) atoms. The van der Waals surface area contributed by atoms with Crippen LogP contribution in [0.3, 0.4) is 0 Å². The van der Waals surface area contributed by atoms with Crippen LogP contribution in [0.25, 0.3) is 21.3 Å². The third-order valence-corrected chi connectivity index (χ3v) is 4.79. The SMILES string of the molecule is Fc1ccc(CNc2ncnc3scc(-c4ccc(F)cc4)c23)cc1. The van der Waals surface area contributed by atoms with Gasteiger partial charge in [-0.1, -0.05) is 24.3 Å². The lowest BCUT2D eigenvalue weighted by atomic mass is 10.1. The zero-order chi connectivity index (χ0) is 17.2. The molecule has 0 saturated carbocycles. The summed E-state index contributed by atoms with van der Waals surface area (Å²) < 4.78 is 26.2. The minimum absolute atomic E-state index is 0.260. The third kappa shape index (κ3) is 3.21. The molecule has 6 heteroatoms. The van der Waals surface area contributed by atoms with Crippen molar-refractivity contribution in [2.75, 3.05) is 5.32 Å². The summed E-state index contributed by atoms with van der Waals surface area (Å²) in [5.74, 6) is 0.175. The highest BCUT2D eigenvalue weighted by molar-refractivity contribution is 7.17. The maximum atomic E-state index is 13.2. The van der Waals surface area contributed by atoms with Gasteiger partial charge in [-0.25, -0.2) is 18.7 Å². The van der Waals surface area contributed by atoms with Gasteiger partial charge in [0.25, 0.3) is 0 Å². The fourth-order valence-electron chi connectivity index (χ4n) is 2.64. The Kier molecular flexibility index (Phi) is 4.11. The molecular formula is C19H13F2N3S. The van der Waals surface area contributed by atoms with E-state index in [1.165, 1.54) is 41.9 Å². The van der Waals surface area contributed by atoms with Crippen molar-refractivity contribution in [1.82, 2.24) is 9.97 Å². The zero-order valence-electron chi connectivity index (χ0n) is 13.0. The number of fused-ring (bicyclic) bond motifs is 1. The molecule has 0 unspecified atom stereocenters. The van der Waals surface area contributed by atoms with Gasteiger partial charge in [0, 0.05) is 17.5 Å². The number of aromatic nitrogens is 2. The van der Waals surface area contributed by atoms with E-state index < -0.39 is 0 Å². The Morgan fingerprint density at radius 1 is 0.880 bits per heavy atom. The van der Waals surface area contributed by atoms with Crippen molar-refractivity contribution in [1.29, 1.82) is 0 Å². The van der Waals surface area contributed by atoms with E-state index in [9.17, 15) is 8.78 Å². The Balaban J connectivity index is 1.70. The average molecular weight is 353 g/mol. The molecule has 124 valence electrons. The summed E-state index contributed by atoms with van der Waals surface area (Å²) >= 11 is 1.52. The zero-order valence-corrected chi connectivity index (χ0v) is 13.9. The summed E-state index contributed by atoms with van der Waals surface area (Å²) in [5.41, 5.74) is 2.82. The number of anilines is 1. The molecule has 4 aromatic rings. The fourth-order valence-corrected chi connectivity index (χ4v) is 3.56. The first-order chi connectivity index (χ1) is 12.2. The maximum absolute atomic E-state index is 13.2. The molecule has 2 heterocycles. The van der Waals surface area contributed by atoms with Gasteiger partial charge in [0.15, 0.2) is 0 Å². The second-order valence-corrected chi connectivity index (χ2v) is 6.40. The van der Waals surface area contributed by atoms with E-state index in [4.69, 9.17) is 0 Å². The van der Waals surface area contributed by atoms with E-state index in [1.54, 1.807) is 24.3 Å².